The van der Waals surface area contributed by atoms with Crippen LogP contribution in [0.15, 0.2) is 98.1 Å². The predicted molar refractivity (Wildman–Crippen MR) is 188 cm³/mol. The van der Waals surface area contributed by atoms with Gasteiger partial charge in [0.15, 0.2) is 0 Å². The zero-order valence-corrected chi connectivity index (χ0v) is 27.9. The Morgan fingerprint density at radius 1 is 0.917 bits per heavy atom. The van der Waals surface area contributed by atoms with E-state index in [0.717, 1.165) is 34.9 Å². The van der Waals surface area contributed by atoms with Gasteiger partial charge in [0.05, 0.1) is 17.4 Å². The van der Waals surface area contributed by atoms with Crippen LogP contribution in [0.2, 0.25) is 0 Å². The molecule has 3 heterocycles. The van der Waals surface area contributed by atoms with E-state index in [-0.39, 0.29) is 30.9 Å². The first-order chi connectivity index (χ1) is 23.3. The van der Waals surface area contributed by atoms with Crippen LogP contribution >= 0.6 is 0 Å². The lowest BCUT2D eigenvalue weighted by molar-refractivity contribution is -0.150. The molecule has 2 bridgehead atoms. The molecule has 3 aliphatic heterocycles. The van der Waals surface area contributed by atoms with Crippen molar-refractivity contribution in [1.82, 2.24) is 9.80 Å². The highest BCUT2D eigenvalue weighted by Gasteiger charge is 2.78. The van der Waals surface area contributed by atoms with Crippen molar-refractivity contribution in [2.75, 3.05) is 31.1 Å². The Hall–Kier alpha value is -4.27. The first-order valence-electron chi connectivity index (χ1n) is 17.2. The van der Waals surface area contributed by atoms with E-state index < -0.39 is 29.1 Å². The minimum absolute atomic E-state index is 0.123. The van der Waals surface area contributed by atoms with Gasteiger partial charge in [-0.2, -0.15) is 0 Å². The minimum atomic E-state index is -1.13. The second-order valence-corrected chi connectivity index (χ2v) is 13.7. The number of rotatable bonds is 15. The molecule has 3 aromatic carbocycles. The molecular formula is C40H47N3O5. The monoisotopic (exact) mass is 649 g/mol. The molecular weight excluding hydrogens is 602 g/mol. The van der Waals surface area contributed by atoms with Gasteiger partial charge in [-0.3, -0.25) is 14.4 Å². The topological polar surface area (TPSA) is 90.4 Å². The van der Waals surface area contributed by atoms with Crippen molar-refractivity contribution in [3.63, 3.8) is 0 Å². The molecule has 3 aliphatic rings. The molecule has 3 amide bonds. The van der Waals surface area contributed by atoms with E-state index >= 15 is 4.79 Å². The van der Waals surface area contributed by atoms with Crippen LogP contribution < -0.4 is 4.90 Å². The summed E-state index contributed by atoms with van der Waals surface area (Å²) in [5.74, 6) is -2.06. The first-order valence-corrected chi connectivity index (χ1v) is 17.2. The molecule has 3 fully saturated rings. The number of hydrogen-bond donors (Lipinski definition) is 1. The molecule has 2 unspecified atom stereocenters. The second-order valence-electron chi connectivity index (χ2n) is 13.7. The quantitative estimate of drug-likeness (QED) is 0.164. The van der Waals surface area contributed by atoms with E-state index in [1.807, 2.05) is 79.7 Å². The summed E-state index contributed by atoms with van der Waals surface area (Å²) < 4.78 is 6.96. The average Bonchev–Trinajstić information content (AvgIpc) is 3.67. The fourth-order valence-electron chi connectivity index (χ4n) is 8.40. The molecule has 1 N–H and O–H groups in total. The van der Waals surface area contributed by atoms with Gasteiger partial charge < -0.3 is 24.5 Å². The Morgan fingerprint density at radius 2 is 1.62 bits per heavy atom. The molecule has 0 aromatic heterocycles. The van der Waals surface area contributed by atoms with Gasteiger partial charge in [-0.15, -0.1) is 13.2 Å². The van der Waals surface area contributed by atoms with E-state index in [9.17, 15) is 14.7 Å². The van der Waals surface area contributed by atoms with Crippen molar-refractivity contribution in [2.24, 2.45) is 11.8 Å². The number of aliphatic hydroxyl groups excluding tert-OH is 1. The number of aliphatic hydroxyl groups is 1. The van der Waals surface area contributed by atoms with Crippen LogP contribution in [0, 0.1) is 11.8 Å². The van der Waals surface area contributed by atoms with Crippen molar-refractivity contribution in [2.45, 2.75) is 69.2 Å². The summed E-state index contributed by atoms with van der Waals surface area (Å²) in [6.07, 6.45) is 7.53. The number of ether oxygens (including phenoxy) is 1. The smallest absolute Gasteiger partial charge is 0.253 e. The maximum absolute atomic E-state index is 15.0. The van der Waals surface area contributed by atoms with Gasteiger partial charge in [0, 0.05) is 38.5 Å². The SMILES string of the molecule is C=CCN(Cc1ccccc1)C(=O)[C@H]1[C@H]2C(=O)N(CCCCCCO)C(C(=O)N(CC=C)c3ccc4ccccc4c3)C23CC[C@]1(C)O3. The fourth-order valence-corrected chi connectivity index (χ4v) is 8.40. The molecule has 0 saturated carbocycles. The Morgan fingerprint density at radius 3 is 2.35 bits per heavy atom. The van der Waals surface area contributed by atoms with Gasteiger partial charge in [0.25, 0.3) is 5.91 Å². The number of fused-ring (bicyclic) bond motifs is 2. The molecule has 6 rings (SSSR count). The molecule has 8 nitrogen and oxygen atoms in total. The Bertz CT molecular complexity index is 1680. The lowest BCUT2D eigenvalue weighted by atomic mass is 9.66. The Labute approximate surface area is 283 Å². The second kappa shape index (κ2) is 14.1. The van der Waals surface area contributed by atoms with Gasteiger partial charge >= 0.3 is 0 Å². The number of anilines is 1. The van der Waals surface area contributed by atoms with Crippen LogP contribution in [0.25, 0.3) is 10.8 Å². The third kappa shape index (κ3) is 5.96. The van der Waals surface area contributed by atoms with E-state index in [4.69, 9.17) is 4.74 Å². The Kier molecular flexibility index (Phi) is 9.85. The van der Waals surface area contributed by atoms with E-state index in [1.54, 1.807) is 26.9 Å². The molecule has 5 atom stereocenters. The van der Waals surface area contributed by atoms with Gasteiger partial charge in [-0.05, 0) is 61.1 Å². The fraction of sp³-hybridized carbons (Fsp3) is 0.425. The van der Waals surface area contributed by atoms with Crippen molar-refractivity contribution < 1.29 is 24.2 Å². The van der Waals surface area contributed by atoms with Crippen LogP contribution in [-0.2, 0) is 25.7 Å². The number of carbonyl (C=O) groups excluding carboxylic acids is 3. The number of nitrogens with zero attached hydrogens (tertiary/aromatic N) is 3. The number of amides is 3. The normalized spacial score (nSPS) is 25.7. The molecule has 0 aliphatic carbocycles. The van der Waals surface area contributed by atoms with E-state index in [1.165, 1.54) is 0 Å². The lowest BCUT2D eigenvalue weighted by Gasteiger charge is -2.37. The van der Waals surface area contributed by atoms with Crippen LogP contribution in [0.3, 0.4) is 0 Å². The third-order valence-corrected chi connectivity index (χ3v) is 10.6. The maximum atomic E-state index is 15.0. The van der Waals surface area contributed by atoms with Gasteiger partial charge in [-0.1, -0.05) is 85.7 Å². The summed E-state index contributed by atoms with van der Waals surface area (Å²) >= 11 is 0. The molecule has 0 radical (unpaired) electrons. The summed E-state index contributed by atoms with van der Waals surface area (Å²) in [6.45, 7) is 11.3. The molecule has 8 heteroatoms. The average molecular weight is 650 g/mol. The van der Waals surface area contributed by atoms with Crippen molar-refractivity contribution >= 4 is 34.2 Å². The van der Waals surface area contributed by atoms with Crippen LogP contribution in [-0.4, -0.2) is 76.1 Å². The van der Waals surface area contributed by atoms with Crippen molar-refractivity contribution in [3.05, 3.63) is 104 Å². The summed E-state index contributed by atoms with van der Waals surface area (Å²) in [4.78, 5) is 49.5. The largest absolute Gasteiger partial charge is 0.396 e. The Balaban J connectivity index is 1.38. The highest BCUT2D eigenvalue weighted by molar-refractivity contribution is 6.06. The zero-order valence-electron chi connectivity index (χ0n) is 27.9. The van der Waals surface area contributed by atoms with E-state index in [0.29, 0.717) is 45.3 Å². The molecule has 48 heavy (non-hydrogen) atoms. The number of benzene rings is 3. The molecule has 252 valence electrons. The lowest BCUT2D eigenvalue weighted by Crippen LogP contribution is -2.56. The first kappa shape index (κ1) is 33.6. The van der Waals surface area contributed by atoms with Crippen LogP contribution in [0.1, 0.15) is 51.0 Å². The van der Waals surface area contributed by atoms with Crippen LogP contribution in [0.4, 0.5) is 5.69 Å². The van der Waals surface area contributed by atoms with Gasteiger partial charge in [-0.25, -0.2) is 0 Å². The molecule has 1 spiro atoms. The van der Waals surface area contributed by atoms with Crippen molar-refractivity contribution in [3.8, 4) is 0 Å². The summed E-state index contributed by atoms with van der Waals surface area (Å²) in [5, 5.41) is 11.4. The summed E-state index contributed by atoms with van der Waals surface area (Å²) in [5.41, 5.74) is -0.300. The third-order valence-electron chi connectivity index (χ3n) is 10.6. The summed E-state index contributed by atoms with van der Waals surface area (Å²) in [7, 11) is 0. The standard InChI is InChI=1S/C40H47N3O5/c1-4-23-41(28-29-15-9-8-10-16-29)36(45)33-34-37(46)43(25-13-6-7-14-26-44)35(40(34)22-21-39(33,3)48-40)38(47)42(24-5-2)32-20-19-30-17-11-12-18-31(30)27-32/h4-5,8-12,15-20,27,33-35,44H,1-2,6-7,13-14,21-26,28H2,3H3/t33-,34+,35?,39+,40?/m1/s1. The molecule has 3 saturated heterocycles. The van der Waals surface area contributed by atoms with E-state index in [2.05, 4.69) is 13.2 Å². The number of likely N-dealkylation sites (tertiary alicyclic amines) is 1. The number of unbranched alkanes of at least 4 members (excludes halogenated alkanes) is 3. The number of hydrogen-bond acceptors (Lipinski definition) is 5. The maximum Gasteiger partial charge on any atom is 0.253 e. The summed E-state index contributed by atoms with van der Waals surface area (Å²) in [6, 6.07) is 22.9. The highest BCUT2D eigenvalue weighted by Crippen LogP contribution is 2.63. The highest BCUT2D eigenvalue weighted by atomic mass is 16.5. The predicted octanol–water partition coefficient (Wildman–Crippen LogP) is 5.89. The minimum Gasteiger partial charge on any atom is -0.396 e. The van der Waals surface area contributed by atoms with Crippen LogP contribution in [0.5, 0.6) is 0 Å². The molecule has 3 aromatic rings. The van der Waals surface area contributed by atoms with Crippen molar-refractivity contribution in [1.29, 1.82) is 0 Å². The number of carbonyl (C=O) groups is 3. The van der Waals surface area contributed by atoms with Gasteiger partial charge in [0.2, 0.25) is 11.8 Å². The zero-order chi connectivity index (χ0) is 33.9. The van der Waals surface area contributed by atoms with Gasteiger partial charge in [0.1, 0.15) is 11.6 Å².